The van der Waals surface area contributed by atoms with Crippen molar-refractivity contribution in [2.75, 3.05) is 0 Å². The molecular weight excluding hydrogens is 279 g/mol. The van der Waals surface area contributed by atoms with Gasteiger partial charge in [0.25, 0.3) is 10.4 Å². The average Bonchev–Trinajstić information content (AvgIpc) is 2.24. The maximum Gasteiger partial charge on any atom is 1.00 e. The van der Waals surface area contributed by atoms with Gasteiger partial charge in [0.2, 0.25) is 0 Å². The van der Waals surface area contributed by atoms with Gasteiger partial charge in [-0.15, -0.1) is 0 Å². The number of unbranched alkanes of at least 4 members (excludes halogenated alkanes) is 8. The van der Waals surface area contributed by atoms with Gasteiger partial charge in [-0.05, 0) is 18.9 Å². The minimum absolute atomic E-state index is 0. The summed E-state index contributed by atoms with van der Waals surface area (Å²) in [7, 11) is -4.57. The minimum Gasteiger partial charge on any atom is -0.716 e. The Balaban J connectivity index is 0. The van der Waals surface area contributed by atoms with Crippen molar-refractivity contribution in [3.63, 3.8) is 0 Å². The van der Waals surface area contributed by atoms with Crippen molar-refractivity contribution in [3.8, 4) is 0 Å². The molecule has 0 rings (SSSR count). The van der Waals surface area contributed by atoms with E-state index in [0.29, 0.717) is 0 Å². The van der Waals surface area contributed by atoms with Crippen molar-refractivity contribution in [1.82, 2.24) is 0 Å². The van der Waals surface area contributed by atoms with Gasteiger partial charge in [-0.1, -0.05) is 51.9 Å². The molecule has 0 spiro atoms. The molecule has 0 saturated carbocycles. The van der Waals surface area contributed by atoms with E-state index in [1.807, 2.05) is 0 Å². The van der Waals surface area contributed by atoms with E-state index < -0.39 is 10.4 Å². The fourth-order valence-electron chi connectivity index (χ4n) is 1.57. The van der Waals surface area contributed by atoms with Gasteiger partial charge in [0.15, 0.2) is 0 Å². The molecule has 102 valence electrons. The summed E-state index contributed by atoms with van der Waals surface area (Å²) in [5, 5.41) is 0. The first-order valence-electron chi connectivity index (χ1n) is 6.35. The molecule has 0 aromatic carbocycles. The number of hydrogen-bond acceptors (Lipinski definition) is 4. The summed E-state index contributed by atoms with van der Waals surface area (Å²) in [5.74, 6) is 0. The molecule has 0 heterocycles. The van der Waals surface area contributed by atoms with Crippen LogP contribution in [0.2, 0.25) is 0 Å². The minimum atomic E-state index is -4.57. The predicted octanol–water partition coefficient (Wildman–Crippen LogP) is 0.512. The zero-order valence-electron chi connectivity index (χ0n) is 11.6. The van der Waals surface area contributed by atoms with Crippen molar-refractivity contribution in [3.05, 3.63) is 12.3 Å². The Labute approximate surface area is 154 Å². The van der Waals surface area contributed by atoms with Crippen molar-refractivity contribution >= 4 is 10.4 Å². The molecule has 0 bridgehead atoms. The standard InChI is InChI=1S/C12H24O4S.K/c1-2-3-4-5-6-7-8-9-10-11-12-16-17(13,14)15;/h11-12H,2-10H2,1H3,(H,13,14,15);/q;+1/p-1. The largest absolute Gasteiger partial charge is 1.00 e. The van der Waals surface area contributed by atoms with E-state index in [1.165, 1.54) is 38.5 Å². The normalized spacial score (nSPS) is 11.4. The van der Waals surface area contributed by atoms with Crippen molar-refractivity contribution < 1.29 is 68.5 Å². The van der Waals surface area contributed by atoms with Gasteiger partial charge in [-0.3, -0.25) is 0 Å². The molecule has 0 aliphatic heterocycles. The maximum atomic E-state index is 10.1. The molecule has 0 aliphatic rings. The second kappa shape index (κ2) is 14.5. The van der Waals surface area contributed by atoms with Crippen LogP contribution < -0.4 is 51.4 Å². The zero-order valence-corrected chi connectivity index (χ0v) is 15.5. The number of rotatable bonds is 11. The van der Waals surface area contributed by atoms with Crippen LogP contribution in [0, 0.1) is 0 Å². The van der Waals surface area contributed by atoms with Crippen LogP contribution in [0.5, 0.6) is 0 Å². The van der Waals surface area contributed by atoms with Crippen molar-refractivity contribution in [1.29, 1.82) is 0 Å². The Morgan fingerprint density at radius 1 is 1.00 bits per heavy atom. The molecule has 6 heteroatoms. The van der Waals surface area contributed by atoms with Gasteiger partial charge in [0.1, 0.15) is 6.26 Å². The second-order valence-corrected chi connectivity index (χ2v) is 5.15. The Morgan fingerprint density at radius 2 is 1.50 bits per heavy atom. The van der Waals surface area contributed by atoms with E-state index in [0.717, 1.165) is 25.5 Å². The van der Waals surface area contributed by atoms with E-state index in [1.54, 1.807) is 6.08 Å². The number of allylic oxidation sites excluding steroid dienone is 1. The molecule has 0 aromatic heterocycles. The van der Waals surface area contributed by atoms with Gasteiger partial charge < -0.3 is 8.74 Å². The average molecular weight is 302 g/mol. The predicted molar refractivity (Wildman–Crippen MR) is 67.1 cm³/mol. The molecule has 0 fully saturated rings. The molecule has 4 nitrogen and oxygen atoms in total. The summed E-state index contributed by atoms with van der Waals surface area (Å²) in [5.41, 5.74) is 0. The van der Waals surface area contributed by atoms with E-state index in [9.17, 15) is 13.0 Å². The van der Waals surface area contributed by atoms with Crippen molar-refractivity contribution in [2.24, 2.45) is 0 Å². The molecule has 0 saturated heterocycles. The SMILES string of the molecule is CCCCCCCCCCC=COS(=O)(=O)[O-].[K+]. The third-order valence-electron chi connectivity index (χ3n) is 2.49. The van der Waals surface area contributed by atoms with Crippen LogP contribution in [-0.2, 0) is 14.6 Å². The van der Waals surface area contributed by atoms with E-state index in [4.69, 9.17) is 0 Å². The van der Waals surface area contributed by atoms with Crippen LogP contribution in [0.1, 0.15) is 64.7 Å². The van der Waals surface area contributed by atoms with Gasteiger partial charge in [0.05, 0.1) is 0 Å². The zero-order chi connectivity index (χ0) is 13.0. The molecule has 0 aliphatic carbocycles. The first kappa shape index (κ1) is 21.4. The van der Waals surface area contributed by atoms with Crippen molar-refractivity contribution in [2.45, 2.75) is 64.7 Å². The number of hydrogen-bond donors (Lipinski definition) is 0. The fourth-order valence-corrected chi connectivity index (χ4v) is 1.79. The van der Waals surface area contributed by atoms with Gasteiger partial charge >= 0.3 is 51.4 Å². The quantitative estimate of drug-likeness (QED) is 0.183. The smallest absolute Gasteiger partial charge is 0.716 e. The van der Waals surface area contributed by atoms with Crippen LogP contribution in [0.3, 0.4) is 0 Å². The van der Waals surface area contributed by atoms with Crippen LogP contribution in [0.4, 0.5) is 0 Å². The molecule has 0 aromatic rings. The summed E-state index contributed by atoms with van der Waals surface area (Å²) in [6.07, 6.45) is 13.2. The Bertz CT molecular complexity index is 288. The van der Waals surface area contributed by atoms with E-state index >= 15 is 0 Å². The topological polar surface area (TPSA) is 66.4 Å². The van der Waals surface area contributed by atoms with E-state index in [-0.39, 0.29) is 51.4 Å². The molecular formula is C12H23KO4S. The molecule has 0 radical (unpaired) electrons. The maximum absolute atomic E-state index is 10.1. The van der Waals surface area contributed by atoms with Crippen LogP contribution in [0.15, 0.2) is 12.3 Å². The fraction of sp³-hybridized carbons (Fsp3) is 0.833. The summed E-state index contributed by atoms with van der Waals surface area (Å²) >= 11 is 0. The monoisotopic (exact) mass is 302 g/mol. The Kier molecular flexibility index (Phi) is 17.2. The molecule has 0 amide bonds. The summed E-state index contributed by atoms with van der Waals surface area (Å²) < 4.78 is 34.1. The summed E-state index contributed by atoms with van der Waals surface area (Å²) in [4.78, 5) is 0. The van der Waals surface area contributed by atoms with Crippen LogP contribution in [-0.4, -0.2) is 13.0 Å². The molecule has 0 N–H and O–H groups in total. The third kappa shape index (κ3) is 19.4. The first-order valence-corrected chi connectivity index (χ1v) is 7.68. The molecule has 0 unspecified atom stereocenters. The van der Waals surface area contributed by atoms with Crippen LogP contribution >= 0.6 is 0 Å². The van der Waals surface area contributed by atoms with Crippen LogP contribution in [0.25, 0.3) is 0 Å². The van der Waals surface area contributed by atoms with Gasteiger partial charge in [-0.2, -0.15) is 0 Å². The first-order chi connectivity index (χ1) is 8.06. The third-order valence-corrected chi connectivity index (χ3v) is 2.84. The Morgan fingerprint density at radius 3 is 2.00 bits per heavy atom. The molecule has 0 atom stereocenters. The van der Waals surface area contributed by atoms with Gasteiger partial charge in [0, 0.05) is 0 Å². The van der Waals surface area contributed by atoms with Gasteiger partial charge in [-0.25, -0.2) is 8.42 Å². The van der Waals surface area contributed by atoms with E-state index in [2.05, 4.69) is 11.1 Å². The second-order valence-electron chi connectivity index (χ2n) is 4.14. The molecule has 18 heavy (non-hydrogen) atoms. The summed E-state index contributed by atoms with van der Waals surface area (Å²) in [6, 6.07) is 0. The summed E-state index contributed by atoms with van der Waals surface area (Å²) in [6.45, 7) is 2.20. The Hall–Kier alpha value is 1.09.